The summed E-state index contributed by atoms with van der Waals surface area (Å²) in [5.41, 5.74) is 4.83. The summed E-state index contributed by atoms with van der Waals surface area (Å²) in [4.78, 5) is 0. The molecule has 0 saturated heterocycles. The molecule has 3 atom stereocenters. The molecule has 0 amide bonds. The molecule has 2 rings (SSSR count). The number of aliphatic hydroxyl groups excluding tert-OH is 1. The van der Waals surface area contributed by atoms with Gasteiger partial charge in [-0.15, -0.1) is 0 Å². The van der Waals surface area contributed by atoms with E-state index in [1.807, 2.05) is 13.0 Å². The Labute approximate surface area is 134 Å². The van der Waals surface area contributed by atoms with Crippen molar-refractivity contribution in [1.82, 2.24) is 0 Å². The summed E-state index contributed by atoms with van der Waals surface area (Å²) in [6.45, 7) is 8.69. The van der Waals surface area contributed by atoms with Gasteiger partial charge in [-0.2, -0.15) is 0 Å². The molecule has 122 valence electrons. The fourth-order valence-corrected chi connectivity index (χ4v) is 3.87. The zero-order valence-electron chi connectivity index (χ0n) is 14.4. The summed E-state index contributed by atoms with van der Waals surface area (Å²) in [5.74, 6) is 1.49. The van der Waals surface area contributed by atoms with Crippen molar-refractivity contribution in [2.45, 2.75) is 65.2 Å². The predicted molar refractivity (Wildman–Crippen MR) is 92.5 cm³/mol. The maximum absolute atomic E-state index is 10.4. The second-order valence-electron chi connectivity index (χ2n) is 7.17. The highest BCUT2D eigenvalue weighted by molar-refractivity contribution is 5.48. The molecular weight excluding hydrogens is 272 g/mol. The molecule has 3 unspecified atom stereocenters. The normalized spacial score (nSPS) is 22.0. The van der Waals surface area contributed by atoms with Crippen LogP contribution in [0.2, 0.25) is 0 Å². The van der Waals surface area contributed by atoms with Gasteiger partial charge in [0.2, 0.25) is 0 Å². The third kappa shape index (κ3) is 3.73. The smallest absolute Gasteiger partial charge is 0.119 e. The molecule has 1 aromatic rings. The van der Waals surface area contributed by atoms with Crippen LogP contribution in [0.3, 0.4) is 0 Å². The van der Waals surface area contributed by atoms with Crippen LogP contribution in [0.15, 0.2) is 23.8 Å². The number of rotatable bonds is 5. The predicted octanol–water partition coefficient (Wildman–Crippen LogP) is 5.04. The fourth-order valence-electron chi connectivity index (χ4n) is 3.87. The summed E-state index contributed by atoms with van der Waals surface area (Å²) >= 11 is 0. The molecule has 1 aliphatic carbocycles. The van der Waals surface area contributed by atoms with Crippen LogP contribution in [0.25, 0.3) is 0 Å². The van der Waals surface area contributed by atoms with E-state index in [1.165, 1.54) is 11.1 Å². The number of phenolic OH excluding ortho intramolecular Hbond substituents is 1. The summed E-state index contributed by atoms with van der Waals surface area (Å²) in [6.07, 6.45) is 6.48. The van der Waals surface area contributed by atoms with E-state index in [2.05, 4.69) is 32.9 Å². The van der Waals surface area contributed by atoms with Crippen molar-refractivity contribution >= 4 is 0 Å². The van der Waals surface area contributed by atoms with Gasteiger partial charge in [-0.3, -0.25) is 0 Å². The van der Waals surface area contributed by atoms with Gasteiger partial charge in [0, 0.05) is 12.2 Å². The Morgan fingerprint density at radius 3 is 2.68 bits per heavy atom. The highest BCUT2D eigenvalue weighted by atomic mass is 16.3. The molecular formula is C20H30O2. The first-order chi connectivity index (χ1) is 10.4. The lowest BCUT2D eigenvalue weighted by molar-refractivity contribution is 0.185. The number of aliphatic hydroxyl groups is 1. The Bertz CT molecular complexity index is 541. The van der Waals surface area contributed by atoms with Crippen molar-refractivity contribution in [3.63, 3.8) is 0 Å². The minimum atomic E-state index is 0.226. The largest absolute Gasteiger partial charge is 0.508 e. The third-order valence-corrected chi connectivity index (χ3v) is 5.03. The Morgan fingerprint density at radius 2 is 2.05 bits per heavy atom. The molecule has 2 heteroatoms. The average Bonchev–Trinajstić information content (AvgIpc) is 2.43. The van der Waals surface area contributed by atoms with E-state index >= 15 is 0 Å². The zero-order valence-corrected chi connectivity index (χ0v) is 14.4. The lowest BCUT2D eigenvalue weighted by atomic mass is 9.70. The van der Waals surface area contributed by atoms with Crippen molar-refractivity contribution in [3.05, 3.63) is 40.5 Å². The average molecular weight is 302 g/mol. The summed E-state index contributed by atoms with van der Waals surface area (Å²) < 4.78 is 0. The Hall–Kier alpha value is -1.28. The van der Waals surface area contributed by atoms with E-state index in [0.717, 1.165) is 36.8 Å². The quantitative estimate of drug-likeness (QED) is 0.748. The van der Waals surface area contributed by atoms with Crippen LogP contribution in [-0.2, 0) is 0 Å². The number of hydrogen-bond acceptors (Lipinski definition) is 2. The summed E-state index contributed by atoms with van der Waals surface area (Å²) in [7, 11) is 0. The van der Waals surface area contributed by atoms with Crippen LogP contribution in [0.5, 0.6) is 5.75 Å². The van der Waals surface area contributed by atoms with E-state index in [-0.39, 0.29) is 12.5 Å². The number of allylic oxidation sites excluding steroid dienone is 2. The number of hydrogen-bond donors (Lipinski definition) is 2. The van der Waals surface area contributed by atoms with E-state index in [1.54, 1.807) is 0 Å². The first-order valence-corrected chi connectivity index (χ1v) is 8.51. The number of fused-ring (bicyclic) bond motifs is 1. The highest BCUT2D eigenvalue weighted by Crippen LogP contribution is 2.47. The van der Waals surface area contributed by atoms with Gasteiger partial charge in [-0.05, 0) is 81.4 Å². The highest BCUT2D eigenvalue weighted by Gasteiger charge is 2.32. The van der Waals surface area contributed by atoms with Crippen LogP contribution in [-0.4, -0.2) is 16.8 Å². The molecule has 0 fully saturated rings. The Kier molecular flexibility index (Phi) is 5.69. The van der Waals surface area contributed by atoms with Crippen molar-refractivity contribution in [3.8, 4) is 5.75 Å². The van der Waals surface area contributed by atoms with E-state index in [4.69, 9.17) is 0 Å². The molecule has 0 saturated carbocycles. The molecule has 22 heavy (non-hydrogen) atoms. The molecule has 0 aliphatic heterocycles. The van der Waals surface area contributed by atoms with E-state index in [9.17, 15) is 10.2 Å². The van der Waals surface area contributed by atoms with Gasteiger partial charge in [0.1, 0.15) is 5.75 Å². The monoisotopic (exact) mass is 302 g/mol. The van der Waals surface area contributed by atoms with Gasteiger partial charge in [0.05, 0.1) is 0 Å². The molecule has 2 N–H and O–H groups in total. The van der Waals surface area contributed by atoms with Crippen molar-refractivity contribution in [2.24, 2.45) is 5.92 Å². The molecule has 0 aromatic heterocycles. The summed E-state index contributed by atoms with van der Waals surface area (Å²) in [6, 6.07) is 4.09. The Morgan fingerprint density at radius 1 is 1.32 bits per heavy atom. The SMILES string of the molecule is CC(C)=CCCC(CO)C1CCC(C)c2c(O)cc(C)cc21. The molecule has 1 aromatic carbocycles. The van der Waals surface area contributed by atoms with Crippen molar-refractivity contribution in [1.29, 1.82) is 0 Å². The fraction of sp³-hybridized carbons (Fsp3) is 0.600. The first-order valence-electron chi connectivity index (χ1n) is 8.51. The number of phenols is 1. The standard InChI is InChI=1S/C20H30O2/c1-13(2)6-5-7-16(12-21)17-9-8-15(4)20-18(17)10-14(3)11-19(20)22/h6,10-11,15-17,21-22H,5,7-9,12H2,1-4H3. The molecule has 0 spiro atoms. The van der Waals surface area contributed by atoms with Gasteiger partial charge in [-0.1, -0.05) is 24.6 Å². The van der Waals surface area contributed by atoms with Crippen LogP contribution in [0.4, 0.5) is 0 Å². The third-order valence-electron chi connectivity index (χ3n) is 5.03. The maximum Gasteiger partial charge on any atom is 0.119 e. The van der Waals surface area contributed by atoms with Crippen LogP contribution in [0, 0.1) is 12.8 Å². The van der Waals surface area contributed by atoms with Crippen LogP contribution >= 0.6 is 0 Å². The topological polar surface area (TPSA) is 40.5 Å². The van der Waals surface area contributed by atoms with Crippen molar-refractivity contribution < 1.29 is 10.2 Å². The van der Waals surface area contributed by atoms with Crippen LogP contribution in [0.1, 0.15) is 75.0 Å². The second kappa shape index (κ2) is 7.32. The summed E-state index contributed by atoms with van der Waals surface area (Å²) in [5, 5.41) is 20.2. The number of aryl methyl sites for hydroxylation is 1. The minimum absolute atomic E-state index is 0.226. The number of aromatic hydroxyl groups is 1. The lowest BCUT2D eigenvalue weighted by Gasteiger charge is -2.35. The first kappa shape index (κ1) is 17.1. The molecule has 2 nitrogen and oxygen atoms in total. The maximum atomic E-state index is 10.4. The lowest BCUT2D eigenvalue weighted by Crippen LogP contribution is -2.23. The molecule has 0 radical (unpaired) electrons. The van der Waals surface area contributed by atoms with E-state index in [0.29, 0.717) is 17.6 Å². The Balaban J connectivity index is 2.29. The zero-order chi connectivity index (χ0) is 16.3. The molecule has 1 aliphatic rings. The van der Waals surface area contributed by atoms with Gasteiger partial charge >= 0.3 is 0 Å². The van der Waals surface area contributed by atoms with Crippen molar-refractivity contribution in [2.75, 3.05) is 6.61 Å². The molecule has 0 bridgehead atoms. The van der Waals surface area contributed by atoms with Crippen LogP contribution < -0.4 is 0 Å². The van der Waals surface area contributed by atoms with E-state index < -0.39 is 0 Å². The van der Waals surface area contributed by atoms with Gasteiger partial charge in [0.25, 0.3) is 0 Å². The second-order valence-corrected chi connectivity index (χ2v) is 7.17. The number of benzene rings is 1. The molecule has 0 heterocycles. The minimum Gasteiger partial charge on any atom is -0.508 e. The van der Waals surface area contributed by atoms with Gasteiger partial charge < -0.3 is 10.2 Å². The van der Waals surface area contributed by atoms with Gasteiger partial charge in [-0.25, -0.2) is 0 Å². The van der Waals surface area contributed by atoms with Gasteiger partial charge in [0.15, 0.2) is 0 Å².